The first-order chi connectivity index (χ1) is 13.6. The Balaban J connectivity index is 1.81. The summed E-state index contributed by atoms with van der Waals surface area (Å²) in [6.45, 7) is 2.39. The van der Waals surface area contributed by atoms with Gasteiger partial charge in [0.2, 0.25) is 5.91 Å². The Morgan fingerprint density at radius 3 is 2.57 bits per heavy atom. The molecule has 1 aromatic heterocycles. The summed E-state index contributed by atoms with van der Waals surface area (Å²) in [6, 6.07) is 14.1. The number of aromatic amines is 1. The Labute approximate surface area is 164 Å². The van der Waals surface area contributed by atoms with Crippen LogP contribution in [0.4, 0.5) is 0 Å². The van der Waals surface area contributed by atoms with Gasteiger partial charge in [-0.3, -0.25) is 4.79 Å². The number of methoxy groups -OCH3 is 2. The van der Waals surface area contributed by atoms with E-state index in [1.54, 1.807) is 21.1 Å². The smallest absolute Gasteiger partial charge is 0.220 e. The summed E-state index contributed by atoms with van der Waals surface area (Å²) in [6.07, 6.45) is 2.24. The Morgan fingerprint density at radius 2 is 1.89 bits per heavy atom. The average molecular weight is 376 g/mol. The van der Waals surface area contributed by atoms with Gasteiger partial charge in [0.05, 0.1) is 14.2 Å². The van der Waals surface area contributed by atoms with Crippen LogP contribution in [0.25, 0.3) is 10.9 Å². The summed E-state index contributed by atoms with van der Waals surface area (Å²) in [5.41, 5.74) is 4.61. The molecule has 1 fully saturated rings. The van der Waals surface area contributed by atoms with Gasteiger partial charge in [-0.2, -0.15) is 0 Å². The molecule has 2 aliphatic rings. The first-order valence-electron chi connectivity index (χ1n) is 9.69. The van der Waals surface area contributed by atoms with Gasteiger partial charge in [-0.1, -0.05) is 30.3 Å². The van der Waals surface area contributed by atoms with E-state index in [1.807, 2.05) is 29.2 Å². The zero-order chi connectivity index (χ0) is 19.5. The third-order valence-electron chi connectivity index (χ3n) is 6.31. The summed E-state index contributed by atoms with van der Waals surface area (Å²) in [5, 5.41) is 1.27. The van der Waals surface area contributed by atoms with Crippen molar-refractivity contribution in [3.05, 3.63) is 59.3 Å². The second-order valence-electron chi connectivity index (χ2n) is 7.87. The lowest BCUT2D eigenvalue weighted by Gasteiger charge is -2.40. The van der Waals surface area contributed by atoms with Gasteiger partial charge in [-0.15, -0.1) is 0 Å². The highest BCUT2D eigenvalue weighted by Crippen LogP contribution is 2.58. The molecule has 1 unspecified atom stereocenters. The van der Waals surface area contributed by atoms with E-state index in [1.165, 1.54) is 10.9 Å². The van der Waals surface area contributed by atoms with Crippen LogP contribution >= 0.6 is 0 Å². The quantitative estimate of drug-likeness (QED) is 0.746. The van der Waals surface area contributed by atoms with E-state index in [-0.39, 0.29) is 17.4 Å². The van der Waals surface area contributed by atoms with Gasteiger partial charge < -0.3 is 19.4 Å². The number of ether oxygens (including phenoxy) is 2. The molecule has 5 rings (SSSR count). The molecule has 28 heavy (non-hydrogen) atoms. The number of amides is 1. The number of fused-ring (bicyclic) bond motifs is 4. The molecule has 3 aromatic rings. The highest BCUT2D eigenvalue weighted by molar-refractivity contribution is 5.88. The second kappa shape index (κ2) is 6.03. The minimum Gasteiger partial charge on any atom is -0.493 e. The molecule has 1 saturated carbocycles. The normalized spacial score (nSPS) is 19.5. The highest BCUT2D eigenvalue weighted by atomic mass is 16.5. The van der Waals surface area contributed by atoms with Crippen molar-refractivity contribution in [2.45, 2.75) is 31.2 Å². The molecule has 0 saturated heterocycles. The van der Waals surface area contributed by atoms with Gasteiger partial charge in [0.15, 0.2) is 11.5 Å². The lowest BCUT2D eigenvalue weighted by atomic mass is 9.83. The highest BCUT2D eigenvalue weighted by Gasteiger charge is 2.54. The maximum Gasteiger partial charge on any atom is 0.220 e. The molecule has 1 amide bonds. The molecule has 5 heteroatoms. The lowest BCUT2D eigenvalue weighted by molar-refractivity contribution is -0.131. The summed E-state index contributed by atoms with van der Waals surface area (Å²) >= 11 is 0. The molecule has 2 aromatic carbocycles. The van der Waals surface area contributed by atoms with Crippen LogP contribution in [-0.2, 0) is 10.2 Å². The third-order valence-corrected chi connectivity index (χ3v) is 6.31. The predicted octanol–water partition coefficient (Wildman–Crippen LogP) is 4.17. The largest absolute Gasteiger partial charge is 0.493 e. The minimum atomic E-state index is -0.226. The number of carbonyl (C=O) groups excluding carboxylic acids is 1. The summed E-state index contributed by atoms with van der Waals surface area (Å²) in [7, 11) is 3.29. The Kier molecular flexibility index (Phi) is 3.69. The zero-order valence-electron chi connectivity index (χ0n) is 16.4. The maximum absolute atomic E-state index is 12.7. The van der Waals surface area contributed by atoms with E-state index in [0.717, 1.165) is 36.2 Å². The van der Waals surface area contributed by atoms with E-state index in [2.05, 4.69) is 23.2 Å². The number of para-hydroxylation sites is 2. The fraction of sp³-hybridized carbons (Fsp3) is 0.348. The van der Waals surface area contributed by atoms with Gasteiger partial charge in [-0.25, -0.2) is 0 Å². The maximum atomic E-state index is 12.7. The van der Waals surface area contributed by atoms with Crippen molar-refractivity contribution in [1.82, 2.24) is 9.88 Å². The molecule has 5 nitrogen and oxygen atoms in total. The number of nitrogens with zero attached hydrogens (tertiary/aromatic N) is 1. The minimum absolute atomic E-state index is 0.0726. The van der Waals surface area contributed by atoms with E-state index in [0.29, 0.717) is 11.5 Å². The number of hydrogen-bond donors (Lipinski definition) is 1. The van der Waals surface area contributed by atoms with Crippen LogP contribution in [0.1, 0.15) is 42.6 Å². The van der Waals surface area contributed by atoms with Crippen LogP contribution in [0.2, 0.25) is 0 Å². The Bertz CT molecular complexity index is 1080. The Hall–Kier alpha value is -2.95. The van der Waals surface area contributed by atoms with Gasteiger partial charge in [0.25, 0.3) is 0 Å². The van der Waals surface area contributed by atoms with Crippen LogP contribution < -0.4 is 9.47 Å². The second-order valence-corrected chi connectivity index (χ2v) is 7.87. The van der Waals surface area contributed by atoms with E-state index in [4.69, 9.17) is 9.47 Å². The number of carbonyl (C=O) groups is 1. The number of rotatable bonds is 3. The molecular weight excluding hydrogens is 352 g/mol. The number of H-pyrrole nitrogens is 1. The summed E-state index contributed by atoms with van der Waals surface area (Å²) < 4.78 is 11.3. The van der Waals surface area contributed by atoms with Crippen LogP contribution in [0.3, 0.4) is 0 Å². The summed E-state index contributed by atoms with van der Waals surface area (Å²) in [4.78, 5) is 18.3. The molecular formula is C23H24N2O3. The topological polar surface area (TPSA) is 54.6 Å². The monoisotopic (exact) mass is 376 g/mol. The molecule has 0 bridgehead atoms. The molecule has 1 aliphatic heterocycles. The fourth-order valence-corrected chi connectivity index (χ4v) is 4.89. The van der Waals surface area contributed by atoms with Crippen LogP contribution in [0.5, 0.6) is 11.5 Å². The van der Waals surface area contributed by atoms with Gasteiger partial charge in [0, 0.05) is 41.0 Å². The van der Waals surface area contributed by atoms with Gasteiger partial charge in [-0.05, 0) is 30.5 Å². The first-order valence-corrected chi connectivity index (χ1v) is 9.69. The van der Waals surface area contributed by atoms with E-state index in [9.17, 15) is 4.79 Å². The van der Waals surface area contributed by atoms with E-state index < -0.39 is 0 Å². The zero-order valence-corrected chi connectivity index (χ0v) is 16.4. The van der Waals surface area contributed by atoms with Gasteiger partial charge in [0.1, 0.15) is 6.04 Å². The van der Waals surface area contributed by atoms with Crippen molar-refractivity contribution >= 4 is 16.8 Å². The molecule has 2 heterocycles. The fourth-order valence-electron chi connectivity index (χ4n) is 4.89. The van der Waals surface area contributed by atoms with Gasteiger partial charge >= 0.3 is 0 Å². The molecule has 0 radical (unpaired) electrons. The standard InChI is InChI=1S/C23H24N2O3/c1-14(26)25-13-23(11-12-23)19-15-7-4-5-9-17(15)24-20(19)21(25)16-8-6-10-18(27-2)22(16)28-3/h4-10,21,24H,11-13H2,1-3H3. The number of nitrogens with one attached hydrogen (secondary N) is 1. The number of aromatic nitrogens is 1. The third kappa shape index (κ3) is 2.28. The van der Waals surface area contributed by atoms with Crippen molar-refractivity contribution in [2.24, 2.45) is 0 Å². The van der Waals surface area contributed by atoms with Crippen LogP contribution in [0, 0.1) is 0 Å². The van der Waals surface area contributed by atoms with E-state index >= 15 is 0 Å². The summed E-state index contributed by atoms with van der Waals surface area (Å²) in [5.74, 6) is 1.43. The molecule has 144 valence electrons. The van der Waals surface area contributed by atoms with Crippen molar-refractivity contribution < 1.29 is 14.3 Å². The first kappa shape index (κ1) is 17.2. The van der Waals surface area contributed by atoms with Crippen molar-refractivity contribution in [1.29, 1.82) is 0 Å². The lowest BCUT2D eigenvalue weighted by Crippen LogP contribution is -2.44. The van der Waals surface area contributed by atoms with Crippen molar-refractivity contribution in [3.63, 3.8) is 0 Å². The SMILES string of the molecule is COc1cccc(C2c3[nH]c4ccccc4c3C3(CC3)CN2C(C)=O)c1OC. The molecule has 1 spiro atoms. The molecule has 1 N–H and O–H groups in total. The molecule has 1 atom stereocenters. The van der Waals surface area contributed by atoms with Crippen LogP contribution in [0.15, 0.2) is 42.5 Å². The average Bonchev–Trinajstić information content (AvgIpc) is 3.36. The van der Waals surface area contributed by atoms with Crippen molar-refractivity contribution in [2.75, 3.05) is 20.8 Å². The number of hydrogen-bond acceptors (Lipinski definition) is 3. The van der Waals surface area contributed by atoms with Crippen LogP contribution in [-0.4, -0.2) is 36.6 Å². The number of benzene rings is 2. The Morgan fingerprint density at radius 1 is 1.11 bits per heavy atom. The molecule has 1 aliphatic carbocycles. The van der Waals surface area contributed by atoms with Crippen molar-refractivity contribution in [3.8, 4) is 11.5 Å². The predicted molar refractivity (Wildman–Crippen MR) is 108 cm³/mol.